The molecule has 0 aliphatic carbocycles. The van der Waals surface area contributed by atoms with Crippen LogP contribution in [-0.2, 0) is 0 Å². The molecular weight excluding hydrogens is 232 g/mol. The Balaban J connectivity index is 2.00. The number of benzene rings is 1. The van der Waals surface area contributed by atoms with Gasteiger partial charge in [-0.05, 0) is 18.2 Å². The first-order valence-corrected chi connectivity index (χ1v) is 5.62. The van der Waals surface area contributed by atoms with Gasteiger partial charge < -0.3 is 14.0 Å². The first kappa shape index (κ1) is 10.8. The second-order valence-corrected chi connectivity index (χ2v) is 4.06. The van der Waals surface area contributed by atoms with Gasteiger partial charge in [-0.1, -0.05) is 0 Å². The molecule has 1 atom stereocenters. The van der Waals surface area contributed by atoms with E-state index in [0.29, 0.717) is 23.7 Å². The van der Waals surface area contributed by atoms with Gasteiger partial charge in [0.1, 0.15) is 24.1 Å². The second kappa shape index (κ2) is 4.18. The molecule has 1 aromatic heterocycles. The van der Waals surface area contributed by atoms with E-state index >= 15 is 0 Å². The minimum absolute atomic E-state index is 0.0214. The largest absolute Gasteiger partial charge is 0.497 e. The molecule has 5 heteroatoms. The molecule has 0 amide bonds. The van der Waals surface area contributed by atoms with Crippen molar-refractivity contribution in [3.05, 3.63) is 42.5 Å². The number of fused-ring (bicyclic) bond motifs is 1. The molecule has 0 spiro atoms. The van der Waals surface area contributed by atoms with E-state index in [9.17, 15) is 4.79 Å². The van der Waals surface area contributed by atoms with Gasteiger partial charge in [0.2, 0.25) is 0 Å². The van der Waals surface area contributed by atoms with E-state index in [1.807, 2.05) is 0 Å². The standard InChI is InChI=1S/C13H12N2O3/c1-17-9-2-3-12-10(6-9)13(16)11(7-18-12)15-5-4-14-8-15/h2-6,8,11H,7H2,1H3. The van der Waals surface area contributed by atoms with Gasteiger partial charge in [0.05, 0.1) is 19.0 Å². The topological polar surface area (TPSA) is 53.4 Å². The molecular formula is C13H12N2O3. The minimum atomic E-state index is -0.355. The van der Waals surface area contributed by atoms with Gasteiger partial charge in [-0.2, -0.15) is 0 Å². The smallest absolute Gasteiger partial charge is 0.192 e. The fraction of sp³-hybridized carbons (Fsp3) is 0.231. The van der Waals surface area contributed by atoms with E-state index in [1.165, 1.54) is 0 Å². The van der Waals surface area contributed by atoms with E-state index in [0.717, 1.165) is 0 Å². The normalized spacial score (nSPS) is 18.1. The van der Waals surface area contributed by atoms with Gasteiger partial charge in [-0.3, -0.25) is 4.79 Å². The zero-order valence-corrected chi connectivity index (χ0v) is 9.87. The molecule has 18 heavy (non-hydrogen) atoms. The molecule has 2 heterocycles. The lowest BCUT2D eigenvalue weighted by molar-refractivity contribution is 0.0840. The average molecular weight is 244 g/mol. The molecule has 0 N–H and O–H groups in total. The van der Waals surface area contributed by atoms with Crippen LogP contribution >= 0.6 is 0 Å². The molecule has 0 saturated carbocycles. The van der Waals surface area contributed by atoms with Gasteiger partial charge in [0.25, 0.3) is 0 Å². The summed E-state index contributed by atoms with van der Waals surface area (Å²) in [5, 5.41) is 0. The predicted molar refractivity (Wildman–Crippen MR) is 64.1 cm³/mol. The third kappa shape index (κ3) is 1.64. The molecule has 0 bridgehead atoms. The number of hydrogen-bond donors (Lipinski definition) is 0. The Morgan fingerprint density at radius 2 is 2.39 bits per heavy atom. The number of carbonyl (C=O) groups excluding carboxylic acids is 1. The highest BCUT2D eigenvalue weighted by molar-refractivity contribution is 6.02. The summed E-state index contributed by atoms with van der Waals surface area (Å²) in [6.45, 7) is 0.328. The summed E-state index contributed by atoms with van der Waals surface area (Å²) in [4.78, 5) is 16.4. The van der Waals surface area contributed by atoms with Crippen LogP contribution in [0.1, 0.15) is 16.4 Å². The number of methoxy groups -OCH3 is 1. The Bertz CT molecular complexity index is 578. The Kier molecular flexibility index (Phi) is 2.51. The fourth-order valence-corrected chi connectivity index (χ4v) is 2.05. The van der Waals surface area contributed by atoms with E-state index in [1.54, 1.807) is 48.6 Å². The summed E-state index contributed by atoms with van der Waals surface area (Å²) in [6, 6.07) is 4.90. The lowest BCUT2D eigenvalue weighted by Crippen LogP contribution is -2.29. The van der Waals surface area contributed by atoms with Crippen molar-refractivity contribution in [2.45, 2.75) is 6.04 Å². The van der Waals surface area contributed by atoms with Crippen LogP contribution in [0.4, 0.5) is 0 Å². The monoisotopic (exact) mass is 244 g/mol. The molecule has 3 rings (SSSR count). The highest BCUT2D eigenvalue weighted by atomic mass is 16.5. The third-order valence-corrected chi connectivity index (χ3v) is 3.04. The number of ether oxygens (including phenoxy) is 2. The van der Waals surface area contributed by atoms with Crippen molar-refractivity contribution in [1.82, 2.24) is 9.55 Å². The third-order valence-electron chi connectivity index (χ3n) is 3.04. The number of ketones is 1. The number of Topliss-reactive ketones (excluding diaryl/α,β-unsaturated/α-hetero) is 1. The van der Waals surface area contributed by atoms with Gasteiger partial charge in [0, 0.05) is 12.4 Å². The molecule has 0 fully saturated rings. The van der Waals surface area contributed by atoms with Crippen LogP contribution < -0.4 is 9.47 Å². The molecule has 92 valence electrons. The number of imidazole rings is 1. The molecule has 0 radical (unpaired) electrons. The fourth-order valence-electron chi connectivity index (χ4n) is 2.05. The number of rotatable bonds is 2. The van der Waals surface area contributed by atoms with Crippen LogP contribution in [0.25, 0.3) is 0 Å². The summed E-state index contributed by atoms with van der Waals surface area (Å²) in [6.07, 6.45) is 5.03. The molecule has 1 aromatic carbocycles. The summed E-state index contributed by atoms with van der Waals surface area (Å²) < 4.78 is 12.5. The second-order valence-electron chi connectivity index (χ2n) is 4.06. The molecule has 1 unspecified atom stereocenters. The zero-order chi connectivity index (χ0) is 12.5. The van der Waals surface area contributed by atoms with Crippen molar-refractivity contribution in [2.75, 3.05) is 13.7 Å². The van der Waals surface area contributed by atoms with Gasteiger partial charge >= 0.3 is 0 Å². The molecule has 1 aliphatic heterocycles. The first-order valence-electron chi connectivity index (χ1n) is 5.62. The SMILES string of the molecule is COc1ccc2c(c1)C(=O)C(n1ccnc1)CO2. The predicted octanol–water partition coefficient (Wildman–Crippen LogP) is 1.71. The number of hydrogen-bond acceptors (Lipinski definition) is 4. The van der Waals surface area contributed by atoms with Crippen molar-refractivity contribution >= 4 is 5.78 Å². The lowest BCUT2D eigenvalue weighted by atomic mass is 10.0. The number of carbonyl (C=O) groups is 1. The van der Waals surface area contributed by atoms with E-state index in [-0.39, 0.29) is 11.8 Å². The highest BCUT2D eigenvalue weighted by Gasteiger charge is 2.30. The molecule has 0 saturated heterocycles. The minimum Gasteiger partial charge on any atom is -0.497 e. The van der Waals surface area contributed by atoms with Crippen molar-refractivity contribution in [2.24, 2.45) is 0 Å². The summed E-state index contributed by atoms with van der Waals surface area (Å²) >= 11 is 0. The van der Waals surface area contributed by atoms with E-state index < -0.39 is 0 Å². The summed E-state index contributed by atoms with van der Waals surface area (Å²) in [5.74, 6) is 1.28. The Morgan fingerprint density at radius 3 is 3.11 bits per heavy atom. The quantitative estimate of drug-likeness (QED) is 0.807. The highest BCUT2D eigenvalue weighted by Crippen LogP contribution is 2.32. The average Bonchev–Trinajstić information content (AvgIpc) is 2.93. The number of aromatic nitrogens is 2. The van der Waals surface area contributed by atoms with E-state index in [2.05, 4.69) is 4.98 Å². The van der Waals surface area contributed by atoms with Crippen molar-refractivity contribution < 1.29 is 14.3 Å². The van der Waals surface area contributed by atoms with Gasteiger partial charge in [-0.15, -0.1) is 0 Å². The van der Waals surface area contributed by atoms with Crippen LogP contribution in [0.2, 0.25) is 0 Å². The van der Waals surface area contributed by atoms with Crippen LogP contribution in [0, 0.1) is 0 Å². The van der Waals surface area contributed by atoms with Crippen LogP contribution in [0.3, 0.4) is 0 Å². The molecule has 1 aliphatic rings. The van der Waals surface area contributed by atoms with Crippen LogP contribution in [0.5, 0.6) is 11.5 Å². The lowest BCUT2D eigenvalue weighted by Gasteiger charge is -2.25. The van der Waals surface area contributed by atoms with Crippen LogP contribution in [0.15, 0.2) is 36.9 Å². The summed E-state index contributed by atoms with van der Waals surface area (Å²) in [7, 11) is 1.57. The maximum Gasteiger partial charge on any atom is 0.192 e. The molecule has 2 aromatic rings. The van der Waals surface area contributed by atoms with Gasteiger partial charge in [-0.25, -0.2) is 4.98 Å². The zero-order valence-electron chi connectivity index (χ0n) is 9.87. The first-order chi connectivity index (χ1) is 8.79. The maximum atomic E-state index is 12.4. The maximum absolute atomic E-state index is 12.4. The summed E-state index contributed by atoms with van der Waals surface area (Å²) in [5.41, 5.74) is 0.555. The van der Waals surface area contributed by atoms with Crippen LogP contribution in [-0.4, -0.2) is 29.1 Å². The van der Waals surface area contributed by atoms with E-state index in [4.69, 9.17) is 9.47 Å². The van der Waals surface area contributed by atoms with Gasteiger partial charge in [0.15, 0.2) is 5.78 Å². The Hall–Kier alpha value is -2.30. The number of nitrogens with zero attached hydrogens (tertiary/aromatic N) is 2. The Labute approximate surface area is 104 Å². The van der Waals surface area contributed by atoms with Crippen molar-refractivity contribution in [3.8, 4) is 11.5 Å². The molecule has 5 nitrogen and oxygen atoms in total. The Morgan fingerprint density at radius 1 is 1.50 bits per heavy atom. The van der Waals surface area contributed by atoms with Crippen molar-refractivity contribution in [1.29, 1.82) is 0 Å². The van der Waals surface area contributed by atoms with Crippen molar-refractivity contribution in [3.63, 3.8) is 0 Å².